The van der Waals surface area contributed by atoms with Crippen LogP contribution in [0.25, 0.3) is 0 Å². The molecule has 0 fully saturated rings. The molecule has 1 aliphatic rings. The van der Waals surface area contributed by atoms with Crippen LogP contribution in [0.2, 0.25) is 0 Å². The predicted octanol–water partition coefficient (Wildman–Crippen LogP) is 4.01. The maximum Gasteiger partial charge on any atom is 0.234 e. The molecule has 0 radical (unpaired) electrons. The molecule has 0 saturated carbocycles. The monoisotopic (exact) mass is 391 g/mol. The molecule has 0 aliphatic carbocycles. The van der Waals surface area contributed by atoms with Crippen molar-refractivity contribution < 1.29 is 9.59 Å². The summed E-state index contributed by atoms with van der Waals surface area (Å²) in [5, 5.41) is 15.8. The highest BCUT2D eigenvalue weighted by Gasteiger charge is 2.29. The van der Waals surface area contributed by atoms with E-state index in [0.29, 0.717) is 10.6 Å². The van der Waals surface area contributed by atoms with Gasteiger partial charge < -0.3 is 10.6 Å². The van der Waals surface area contributed by atoms with Crippen LogP contribution in [-0.4, -0.2) is 17.6 Å². The third kappa shape index (κ3) is 4.44. The van der Waals surface area contributed by atoms with E-state index in [2.05, 4.69) is 16.7 Å². The Morgan fingerprint density at radius 1 is 1.21 bits per heavy atom. The highest BCUT2D eigenvalue weighted by Crippen LogP contribution is 2.35. The third-order valence-corrected chi connectivity index (χ3v) is 5.80. The third-order valence-electron chi connectivity index (χ3n) is 4.78. The number of benzene rings is 2. The number of anilines is 1. The van der Waals surface area contributed by atoms with E-state index in [4.69, 9.17) is 0 Å². The molecule has 2 aromatic rings. The molecule has 1 atom stereocenters. The summed E-state index contributed by atoms with van der Waals surface area (Å²) in [6.07, 6.45) is 0.228. The second-order valence-corrected chi connectivity index (χ2v) is 7.64. The second kappa shape index (κ2) is 8.77. The van der Waals surface area contributed by atoms with Crippen molar-refractivity contribution in [3.8, 4) is 6.07 Å². The first kappa shape index (κ1) is 19.7. The zero-order valence-electron chi connectivity index (χ0n) is 15.8. The fourth-order valence-electron chi connectivity index (χ4n) is 3.11. The molecular weight excluding hydrogens is 370 g/mol. The first-order valence-corrected chi connectivity index (χ1v) is 9.96. The van der Waals surface area contributed by atoms with Gasteiger partial charge in [0.2, 0.25) is 11.8 Å². The van der Waals surface area contributed by atoms with Crippen molar-refractivity contribution in [3.05, 3.63) is 75.8 Å². The van der Waals surface area contributed by atoms with Crippen LogP contribution in [0.5, 0.6) is 0 Å². The quantitative estimate of drug-likeness (QED) is 0.807. The van der Waals surface area contributed by atoms with E-state index in [-0.39, 0.29) is 29.9 Å². The lowest BCUT2D eigenvalue weighted by atomic mass is 9.87. The van der Waals surface area contributed by atoms with Gasteiger partial charge in [0.05, 0.1) is 22.4 Å². The number of nitrogens with one attached hydrogen (secondary N) is 2. The number of nitriles is 1. The molecule has 0 unspecified atom stereocenters. The van der Waals surface area contributed by atoms with Gasteiger partial charge in [-0.15, -0.1) is 0 Å². The number of carbonyl (C=O) groups excluding carboxylic acids is 2. The van der Waals surface area contributed by atoms with Gasteiger partial charge in [-0.2, -0.15) is 5.26 Å². The summed E-state index contributed by atoms with van der Waals surface area (Å²) in [5.41, 5.74) is 4.31. The molecule has 0 aromatic heterocycles. The number of hydrogen-bond acceptors (Lipinski definition) is 4. The molecule has 2 aromatic carbocycles. The molecule has 0 saturated heterocycles. The Hall–Kier alpha value is -3.04. The Labute approximate surface area is 168 Å². The number of allylic oxidation sites excluding steroid dienone is 1. The summed E-state index contributed by atoms with van der Waals surface area (Å²) in [4.78, 5) is 24.6. The van der Waals surface area contributed by atoms with E-state index >= 15 is 0 Å². The largest absolute Gasteiger partial charge is 0.325 e. The molecule has 3 rings (SSSR count). The van der Waals surface area contributed by atoms with Gasteiger partial charge in [-0.3, -0.25) is 9.59 Å². The maximum absolute atomic E-state index is 12.4. The Morgan fingerprint density at radius 2 is 1.96 bits per heavy atom. The predicted molar refractivity (Wildman–Crippen MR) is 112 cm³/mol. The van der Waals surface area contributed by atoms with Crippen LogP contribution < -0.4 is 10.6 Å². The van der Waals surface area contributed by atoms with Gasteiger partial charge in [-0.1, -0.05) is 54.2 Å². The fourth-order valence-corrected chi connectivity index (χ4v) is 3.99. The molecule has 0 bridgehead atoms. The van der Waals surface area contributed by atoms with Gasteiger partial charge in [0.25, 0.3) is 0 Å². The zero-order valence-corrected chi connectivity index (χ0v) is 16.6. The smallest absolute Gasteiger partial charge is 0.234 e. The van der Waals surface area contributed by atoms with E-state index in [1.807, 2.05) is 62.4 Å². The number of rotatable bonds is 5. The maximum atomic E-state index is 12.4. The summed E-state index contributed by atoms with van der Waals surface area (Å²) < 4.78 is 0. The van der Waals surface area contributed by atoms with Crippen molar-refractivity contribution >= 4 is 29.3 Å². The number of thioether (sulfide) groups is 1. The minimum Gasteiger partial charge on any atom is -0.325 e. The van der Waals surface area contributed by atoms with Gasteiger partial charge >= 0.3 is 0 Å². The Morgan fingerprint density at radius 3 is 2.68 bits per heavy atom. The van der Waals surface area contributed by atoms with Gasteiger partial charge in [0.1, 0.15) is 0 Å². The van der Waals surface area contributed by atoms with Crippen LogP contribution in [0, 0.1) is 25.2 Å². The topological polar surface area (TPSA) is 82.0 Å². The summed E-state index contributed by atoms with van der Waals surface area (Å²) in [5.74, 6) is -0.509. The summed E-state index contributed by atoms with van der Waals surface area (Å²) in [6, 6.07) is 17.5. The SMILES string of the molecule is Cc1cccc(NC(=O)CSC2=C(C#N)[C@H](c3ccccc3)CC(=O)N2)c1C. The van der Waals surface area contributed by atoms with Crippen LogP contribution >= 0.6 is 11.8 Å². The summed E-state index contributed by atoms with van der Waals surface area (Å²) >= 11 is 1.18. The van der Waals surface area contributed by atoms with Crippen molar-refractivity contribution in [3.63, 3.8) is 0 Å². The van der Waals surface area contributed by atoms with Crippen LogP contribution in [0.3, 0.4) is 0 Å². The van der Waals surface area contributed by atoms with E-state index in [0.717, 1.165) is 22.4 Å². The number of carbonyl (C=O) groups is 2. The van der Waals surface area contributed by atoms with Crippen molar-refractivity contribution in [2.24, 2.45) is 0 Å². The normalized spacial score (nSPS) is 16.3. The van der Waals surface area contributed by atoms with Gasteiger partial charge in [-0.05, 0) is 36.6 Å². The molecule has 1 heterocycles. The average molecular weight is 391 g/mol. The highest BCUT2D eigenvalue weighted by molar-refractivity contribution is 8.03. The van der Waals surface area contributed by atoms with Gasteiger partial charge in [0.15, 0.2) is 0 Å². The van der Waals surface area contributed by atoms with Crippen LogP contribution in [0.1, 0.15) is 29.0 Å². The first-order chi connectivity index (χ1) is 13.5. The number of nitrogens with zero attached hydrogens (tertiary/aromatic N) is 1. The lowest BCUT2D eigenvalue weighted by Crippen LogP contribution is -2.31. The summed E-state index contributed by atoms with van der Waals surface area (Å²) in [7, 11) is 0. The molecule has 28 heavy (non-hydrogen) atoms. The van der Waals surface area contributed by atoms with E-state index < -0.39 is 0 Å². The minimum atomic E-state index is -0.287. The van der Waals surface area contributed by atoms with Crippen LogP contribution in [0.4, 0.5) is 5.69 Å². The molecule has 2 amide bonds. The number of aryl methyl sites for hydroxylation is 1. The van der Waals surface area contributed by atoms with E-state index in [9.17, 15) is 14.9 Å². The number of amides is 2. The van der Waals surface area contributed by atoms with Crippen molar-refractivity contribution in [2.75, 3.05) is 11.1 Å². The fraction of sp³-hybridized carbons (Fsp3) is 0.227. The average Bonchev–Trinajstić information content (AvgIpc) is 2.70. The standard InChI is InChI=1S/C22H21N3O2S/c1-14-7-6-10-19(15(14)2)24-21(27)13-28-22-18(12-23)17(11-20(26)25-22)16-8-4-3-5-9-16/h3-10,17H,11,13H2,1-2H3,(H,24,27)(H,25,26)/t17-/m0/s1. The molecule has 2 N–H and O–H groups in total. The molecule has 1 aliphatic heterocycles. The van der Waals surface area contributed by atoms with E-state index in [1.165, 1.54) is 11.8 Å². The van der Waals surface area contributed by atoms with Crippen molar-refractivity contribution in [2.45, 2.75) is 26.2 Å². The Bertz CT molecular complexity index is 977. The van der Waals surface area contributed by atoms with Gasteiger partial charge in [0, 0.05) is 18.0 Å². The number of hydrogen-bond donors (Lipinski definition) is 2. The minimum absolute atomic E-state index is 0.107. The van der Waals surface area contributed by atoms with Crippen molar-refractivity contribution in [1.82, 2.24) is 5.32 Å². The van der Waals surface area contributed by atoms with Crippen molar-refractivity contribution in [1.29, 1.82) is 5.26 Å². The highest BCUT2D eigenvalue weighted by atomic mass is 32.2. The molecule has 6 heteroatoms. The first-order valence-electron chi connectivity index (χ1n) is 8.97. The zero-order chi connectivity index (χ0) is 20.1. The lowest BCUT2D eigenvalue weighted by Gasteiger charge is -2.25. The van der Waals surface area contributed by atoms with Gasteiger partial charge in [-0.25, -0.2) is 0 Å². The van der Waals surface area contributed by atoms with E-state index in [1.54, 1.807) is 0 Å². The molecule has 0 spiro atoms. The molecule has 142 valence electrons. The summed E-state index contributed by atoms with van der Waals surface area (Å²) in [6.45, 7) is 3.95. The Kier molecular flexibility index (Phi) is 6.17. The van der Waals surface area contributed by atoms with Crippen LogP contribution in [-0.2, 0) is 9.59 Å². The molecular formula is C22H21N3O2S. The molecule has 5 nitrogen and oxygen atoms in total. The second-order valence-electron chi connectivity index (χ2n) is 6.65. The Balaban J connectivity index is 1.75. The lowest BCUT2D eigenvalue weighted by molar-refractivity contribution is -0.121. The van der Waals surface area contributed by atoms with Crippen LogP contribution in [0.15, 0.2) is 59.1 Å².